The minimum absolute atomic E-state index is 0.691. The van der Waals surface area contributed by atoms with Crippen LogP contribution in [0.2, 0.25) is 13.3 Å². The zero-order chi connectivity index (χ0) is 18.1. The number of rotatable bonds is 12. The first-order valence-electron chi connectivity index (χ1n) is 10.7. The minimum atomic E-state index is -2.44. The van der Waals surface area contributed by atoms with Gasteiger partial charge in [-0.05, 0) is 0 Å². The summed E-state index contributed by atoms with van der Waals surface area (Å²) < 4.78 is 5.87. The van der Waals surface area contributed by atoms with E-state index in [1.165, 1.54) is 74.8 Å². The van der Waals surface area contributed by atoms with Crippen LogP contribution in [0.1, 0.15) is 78.6 Å². The third-order valence-corrected chi connectivity index (χ3v) is 21.2. The van der Waals surface area contributed by atoms with Crippen LogP contribution in [0.3, 0.4) is 0 Å². The van der Waals surface area contributed by atoms with Crippen LogP contribution in [0.15, 0.2) is 12.4 Å². The molecule has 2 rings (SSSR count). The molecule has 1 saturated carbocycles. The summed E-state index contributed by atoms with van der Waals surface area (Å²) in [6.45, 7) is 7.01. The van der Waals surface area contributed by atoms with Gasteiger partial charge in [-0.3, -0.25) is 0 Å². The summed E-state index contributed by atoms with van der Waals surface area (Å²) in [7, 11) is 2.22. The number of unbranched alkanes of at least 4 members (excludes halogenated alkanes) is 3. The van der Waals surface area contributed by atoms with Gasteiger partial charge in [0.1, 0.15) is 0 Å². The molecule has 142 valence electrons. The normalized spacial score (nSPS) is 15.2. The fourth-order valence-corrected chi connectivity index (χ4v) is 19.2. The summed E-state index contributed by atoms with van der Waals surface area (Å²) in [5, 5.41) is 0. The van der Waals surface area contributed by atoms with E-state index in [2.05, 4.69) is 43.9 Å². The van der Waals surface area contributed by atoms with E-state index < -0.39 is 18.4 Å². The predicted octanol–water partition coefficient (Wildman–Crippen LogP) is 5.52. The first kappa shape index (κ1) is 21.0. The molecule has 1 aromatic rings. The Kier molecular flexibility index (Phi) is 9.01. The van der Waals surface area contributed by atoms with Gasteiger partial charge in [0.05, 0.1) is 0 Å². The molecule has 1 aromatic heterocycles. The Labute approximate surface area is 159 Å². The van der Waals surface area contributed by atoms with Gasteiger partial charge in [0, 0.05) is 0 Å². The quantitative estimate of drug-likeness (QED) is 0.391. The first-order valence-corrected chi connectivity index (χ1v) is 18.2. The molecule has 0 saturated heterocycles. The van der Waals surface area contributed by atoms with Crippen molar-refractivity contribution in [3.05, 3.63) is 12.4 Å². The van der Waals surface area contributed by atoms with Crippen molar-refractivity contribution in [1.29, 1.82) is 0 Å². The van der Waals surface area contributed by atoms with Gasteiger partial charge in [0.2, 0.25) is 0 Å². The van der Waals surface area contributed by atoms with Crippen molar-refractivity contribution in [2.75, 3.05) is 11.9 Å². The monoisotopic (exact) mass is 453 g/mol. The molecule has 0 atom stereocenters. The summed E-state index contributed by atoms with van der Waals surface area (Å²) in [6.07, 6.45) is 16.2. The van der Waals surface area contributed by atoms with Gasteiger partial charge in [0.25, 0.3) is 0 Å². The van der Waals surface area contributed by atoms with Crippen LogP contribution in [0, 0.1) is 0 Å². The van der Waals surface area contributed by atoms with E-state index in [1.54, 1.807) is 0 Å². The number of aromatic nitrogens is 2. The van der Waals surface area contributed by atoms with Crippen molar-refractivity contribution in [2.45, 2.75) is 97.9 Å². The Morgan fingerprint density at radius 3 is 1.96 bits per heavy atom. The molecule has 0 radical (unpaired) electrons. The SMILES string of the molecule is CCC[CH2][Sn]([CH2]CCC)([CH2]CCC)[c]1cncc(N(C)C2CCC2)n1. The summed E-state index contributed by atoms with van der Waals surface area (Å²) >= 11 is -2.44. The summed E-state index contributed by atoms with van der Waals surface area (Å²) in [6, 6.07) is 0.691. The van der Waals surface area contributed by atoms with Crippen LogP contribution in [-0.2, 0) is 0 Å². The second-order valence-electron chi connectivity index (χ2n) is 8.05. The van der Waals surface area contributed by atoms with Crippen molar-refractivity contribution in [2.24, 2.45) is 0 Å². The fourth-order valence-electron chi connectivity index (χ4n) is 4.05. The van der Waals surface area contributed by atoms with E-state index in [0.29, 0.717) is 6.04 Å². The van der Waals surface area contributed by atoms with Crippen LogP contribution in [-0.4, -0.2) is 41.4 Å². The first-order chi connectivity index (χ1) is 12.2. The Bertz CT molecular complexity index is 480. The fraction of sp³-hybridized carbons (Fsp3) is 0.810. The summed E-state index contributed by atoms with van der Waals surface area (Å²) in [5.74, 6) is 1.13. The van der Waals surface area contributed by atoms with E-state index in [9.17, 15) is 0 Å². The van der Waals surface area contributed by atoms with E-state index in [4.69, 9.17) is 4.98 Å². The molecule has 0 spiro atoms. The number of anilines is 1. The van der Waals surface area contributed by atoms with Crippen molar-refractivity contribution >= 4 is 27.9 Å². The zero-order valence-corrected chi connectivity index (χ0v) is 19.9. The topological polar surface area (TPSA) is 29.0 Å². The maximum absolute atomic E-state index is 5.26. The molecule has 1 aliphatic rings. The molecule has 0 aliphatic heterocycles. The van der Waals surface area contributed by atoms with Crippen LogP contribution < -0.4 is 8.61 Å². The second-order valence-corrected chi connectivity index (χ2v) is 21.1. The Balaban J connectivity index is 2.29. The molecule has 1 fully saturated rings. The zero-order valence-electron chi connectivity index (χ0n) is 17.1. The molecule has 1 heterocycles. The van der Waals surface area contributed by atoms with Crippen LogP contribution in [0.4, 0.5) is 5.82 Å². The Morgan fingerprint density at radius 1 is 0.960 bits per heavy atom. The molecule has 25 heavy (non-hydrogen) atoms. The molecule has 0 aromatic carbocycles. The number of hydrogen-bond acceptors (Lipinski definition) is 3. The van der Waals surface area contributed by atoms with E-state index >= 15 is 0 Å². The average molecular weight is 452 g/mol. The van der Waals surface area contributed by atoms with Gasteiger partial charge >= 0.3 is 160 Å². The number of nitrogens with zero attached hydrogens (tertiary/aromatic N) is 3. The molecule has 3 nitrogen and oxygen atoms in total. The molecule has 1 aliphatic carbocycles. The molecule has 0 amide bonds. The molecule has 0 N–H and O–H groups in total. The second kappa shape index (κ2) is 10.7. The Hall–Kier alpha value is -0.321. The average Bonchev–Trinajstić information content (AvgIpc) is 2.60. The van der Waals surface area contributed by atoms with Crippen molar-refractivity contribution in [3.8, 4) is 0 Å². The van der Waals surface area contributed by atoms with Gasteiger partial charge in [-0.25, -0.2) is 0 Å². The van der Waals surface area contributed by atoms with Gasteiger partial charge in [-0.15, -0.1) is 0 Å². The maximum atomic E-state index is 5.26. The van der Waals surface area contributed by atoms with Crippen LogP contribution >= 0.6 is 0 Å². The van der Waals surface area contributed by atoms with Gasteiger partial charge < -0.3 is 0 Å². The van der Waals surface area contributed by atoms with Crippen molar-refractivity contribution < 1.29 is 0 Å². The van der Waals surface area contributed by atoms with Crippen molar-refractivity contribution in [3.63, 3.8) is 0 Å². The van der Waals surface area contributed by atoms with Crippen molar-refractivity contribution in [1.82, 2.24) is 9.97 Å². The standard InChI is InChI=1S/C9H12N3.3C4H9.Sn/c1-12(8-3-2-4-8)9-7-10-5-6-11-9;3*1-3-4-2;/h5,7-8H,2-4H2,1H3;3*1,3-4H2,2H3;. The molecule has 4 heteroatoms. The molecular formula is C21H39N3Sn. The van der Waals surface area contributed by atoms with E-state index in [-0.39, 0.29) is 0 Å². The van der Waals surface area contributed by atoms with E-state index in [0.717, 1.165) is 5.82 Å². The molecule has 0 unspecified atom stereocenters. The van der Waals surface area contributed by atoms with E-state index in [1.807, 2.05) is 6.20 Å². The predicted molar refractivity (Wildman–Crippen MR) is 113 cm³/mol. The van der Waals surface area contributed by atoms with Crippen LogP contribution in [0.5, 0.6) is 0 Å². The third kappa shape index (κ3) is 5.57. The summed E-state index contributed by atoms with van der Waals surface area (Å²) in [5.41, 5.74) is 0. The van der Waals surface area contributed by atoms with Gasteiger partial charge in [-0.1, -0.05) is 0 Å². The third-order valence-electron chi connectivity index (χ3n) is 6.18. The molecule has 0 bridgehead atoms. The number of hydrogen-bond donors (Lipinski definition) is 0. The van der Waals surface area contributed by atoms with Gasteiger partial charge in [0.15, 0.2) is 0 Å². The van der Waals surface area contributed by atoms with Gasteiger partial charge in [-0.2, -0.15) is 0 Å². The van der Waals surface area contributed by atoms with Crippen LogP contribution in [0.25, 0.3) is 0 Å². The molecular weight excluding hydrogens is 413 g/mol. The Morgan fingerprint density at radius 2 is 1.52 bits per heavy atom. The summed E-state index contributed by atoms with van der Waals surface area (Å²) in [4.78, 5) is 12.3.